The molecular formula is C36H36ClF6N9O3. The van der Waals surface area contributed by atoms with E-state index in [0.29, 0.717) is 10.2 Å². The number of halogens is 7. The minimum atomic E-state index is -4.75. The van der Waals surface area contributed by atoms with Crippen LogP contribution in [0.25, 0.3) is 22.5 Å². The maximum atomic E-state index is 16.0. The highest BCUT2D eigenvalue weighted by atomic mass is 35.5. The van der Waals surface area contributed by atoms with Gasteiger partial charge in [0.2, 0.25) is 0 Å². The molecule has 4 aromatic rings. The second-order valence-corrected chi connectivity index (χ2v) is 15.7. The summed E-state index contributed by atoms with van der Waals surface area (Å²) in [6.07, 6.45) is -0.699. The highest BCUT2D eigenvalue weighted by Crippen LogP contribution is 2.49. The van der Waals surface area contributed by atoms with Gasteiger partial charge in [0, 0.05) is 22.9 Å². The van der Waals surface area contributed by atoms with Gasteiger partial charge in [-0.15, -0.1) is 0 Å². The SMILES string of the molecule is CC(C)(C)C[C@]1(c2ccc(-c3cnn(C4CC4)c3)c(F)c2)NC(=N)N([C@H](COC(=O)NC2(C(F)(F)F)CC2)c2ccc(Cl)c(-c3ncnn3C(F)F)c2)C1=O. The van der Waals surface area contributed by atoms with Crippen molar-refractivity contribution >= 4 is 29.6 Å². The van der Waals surface area contributed by atoms with Gasteiger partial charge in [-0.25, -0.2) is 14.2 Å². The standard InChI is InChI=1S/C36H36ClF6N9O3/c1-33(2,3)17-35(21-5-8-23(26(38)13-21)20-14-46-50(15-20)22-6-7-22)29(53)51(31(44)48-35)27(16-55-32(54)49-34(10-11-34)36(41,42)43)19-4-9-25(37)24(12-19)28-45-18-47-52(28)30(39)40/h4-5,8-9,12-15,18,22,27,30H,6-7,10-11,16-17H2,1-3H3,(H2,44,48)(H,49,54)/t27-,35-/m1/s1. The van der Waals surface area contributed by atoms with Crippen LogP contribution in [0.3, 0.4) is 0 Å². The lowest BCUT2D eigenvalue weighted by molar-refractivity contribution is -0.164. The Morgan fingerprint density at radius 3 is 2.45 bits per heavy atom. The molecule has 3 fully saturated rings. The lowest BCUT2D eigenvalue weighted by atomic mass is 9.75. The molecule has 19 heteroatoms. The molecule has 2 amide bonds. The van der Waals surface area contributed by atoms with E-state index < -0.39 is 65.6 Å². The van der Waals surface area contributed by atoms with Crippen molar-refractivity contribution in [2.24, 2.45) is 5.41 Å². The lowest BCUT2D eigenvalue weighted by Crippen LogP contribution is -2.49. The van der Waals surface area contributed by atoms with E-state index in [4.69, 9.17) is 21.7 Å². The molecule has 2 saturated carbocycles. The van der Waals surface area contributed by atoms with E-state index in [1.54, 1.807) is 23.1 Å². The van der Waals surface area contributed by atoms with Crippen molar-refractivity contribution < 1.29 is 40.7 Å². The predicted octanol–water partition coefficient (Wildman–Crippen LogP) is 7.89. The number of hydrogen-bond donors (Lipinski definition) is 3. The fourth-order valence-electron chi connectivity index (χ4n) is 6.98. The Hall–Kier alpha value is -5.13. The number of rotatable bonds is 11. The molecule has 0 spiro atoms. The maximum absolute atomic E-state index is 16.0. The van der Waals surface area contributed by atoms with Gasteiger partial charge in [-0.05, 0) is 66.8 Å². The average Bonchev–Trinajstić information content (AvgIpc) is 3.97. The topological polar surface area (TPSA) is 143 Å². The summed E-state index contributed by atoms with van der Waals surface area (Å²) in [6, 6.07) is 7.13. The van der Waals surface area contributed by atoms with Crippen LogP contribution in [0.5, 0.6) is 0 Å². The molecule has 3 N–H and O–H groups in total. The molecule has 55 heavy (non-hydrogen) atoms. The Labute approximate surface area is 315 Å². The first-order chi connectivity index (χ1) is 25.8. The molecule has 2 aliphatic carbocycles. The van der Waals surface area contributed by atoms with Gasteiger partial charge < -0.3 is 15.4 Å². The average molecular weight is 792 g/mol. The normalized spacial score (nSPS) is 20.2. The van der Waals surface area contributed by atoms with Gasteiger partial charge in [0.05, 0.1) is 23.3 Å². The zero-order chi connectivity index (χ0) is 39.7. The van der Waals surface area contributed by atoms with Crippen molar-refractivity contribution in [1.82, 2.24) is 40.1 Å². The summed E-state index contributed by atoms with van der Waals surface area (Å²) in [5.74, 6) is -2.27. The van der Waals surface area contributed by atoms with Crippen LogP contribution in [0.2, 0.25) is 5.02 Å². The quantitative estimate of drug-likeness (QED) is 0.131. The Balaban J connectivity index is 1.28. The zero-order valence-corrected chi connectivity index (χ0v) is 30.5. The molecule has 0 unspecified atom stereocenters. The molecule has 292 valence electrons. The molecule has 7 rings (SSSR count). The summed E-state index contributed by atoms with van der Waals surface area (Å²) >= 11 is 6.42. The van der Waals surface area contributed by atoms with Crippen LogP contribution < -0.4 is 10.6 Å². The number of carbonyl (C=O) groups is 2. The first kappa shape index (κ1) is 38.2. The van der Waals surface area contributed by atoms with E-state index in [0.717, 1.165) is 24.1 Å². The van der Waals surface area contributed by atoms with Crippen LogP contribution in [-0.4, -0.2) is 65.7 Å². The molecule has 0 radical (unpaired) electrons. The molecular weight excluding hydrogens is 756 g/mol. The van der Waals surface area contributed by atoms with Crippen LogP contribution in [-0.2, 0) is 15.1 Å². The smallest absolute Gasteiger partial charge is 0.411 e. The van der Waals surface area contributed by atoms with Gasteiger partial charge in [0.1, 0.15) is 29.8 Å². The molecule has 1 saturated heterocycles. The molecule has 0 bridgehead atoms. The van der Waals surface area contributed by atoms with Crippen molar-refractivity contribution in [3.05, 3.63) is 77.1 Å². The number of benzene rings is 2. The lowest BCUT2D eigenvalue weighted by Gasteiger charge is -2.35. The fraction of sp³-hybridized carbons (Fsp3) is 0.444. The molecule has 2 atom stereocenters. The second-order valence-electron chi connectivity index (χ2n) is 15.3. The number of guanidine groups is 1. The zero-order valence-electron chi connectivity index (χ0n) is 29.7. The van der Waals surface area contributed by atoms with E-state index in [2.05, 4.69) is 20.5 Å². The van der Waals surface area contributed by atoms with Crippen molar-refractivity contribution in [3.8, 4) is 22.5 Å². The summed E-state index contributed by atoms with van der Waals surface area (Å²) in [7, 11) is 0. The van der Waals surface area contributed by atoms with Crippen LogP contribution >= 0.6 is 11.6 Å². The van der Waals surface area contributed by atoms with Crippen molar-refractivity contribution in [2.45, 2.75) is 88.8 Å². The highest BCUT2D eigenvalue weighted by molar-refractivity contribution is 6.33. The Morgan fingerprint density at radius 1 is 1.11 bits per heavy atom. The van der Waals surface area contributed by atoms with Crippen molar-refractivity contribution in [1.29, 1.82) is 5.41 Å². The summed E-state index contributed by atoms with van der Waals surface area (Å²) in [5.41, 5.74) is -3.84. The third-order valence-electron chi connectivity index (χ3n) is 9.94. The third kappa shape index (κ3) is 7.23. The molecule has 2 aromatic carbocycles. The van der Waals surface area contributed by atoms with Gasteiger partial charge >= 0.3 is 18.8 Å². The van der Waals surface area contributed by atoms with Crippen LogP contribution in [0.4, 0.5) is 31.1 Å². The number of amides is 2. The summed E-state index contributed by atoms with van der Waals surface area (Å²) in [5, 5.41) is 21.8. The predicted molar refractivity (Wildman–Crippen MR) is 186 cm³/mol. The summed E-state index contributed by atoms with van der Waals surface area (Å²) in [6.45, 7) is 1.63. The first-order valence-electron chi connectivity index (χ1n) is 17.4. The fourth-order valence-corrected chi connectivity index (χ4v) is 7.18. The van der Waals surface area contributed by atoms with Gasteiger partial charge in [0.15, 0.2) is 11.8 Å². The number of nitrogens with zero attached hydrogens (tertiary/aromatic N) is 6. The van der Waals surface area contributed by atoms with E-state index in [-0.39, 0.29) is 58.4 Å². The molecule has 2 aromatic heterocycles. The number of nitrogens with one attached hydrogen (secondary N) is 3. The number of carbonyl (C=O) groups excluding carboxylic acids is 2. The van der Waals surface area contributed by atoms with Gasteiger partial charge in [0.25, 0.3) is 5.91 Å². The Morgan fingerprint density at radius 2 is 1.84 bits per heavy atom. The Kier molecular flexibility index (Phi) is 9.41. The number of alkyl halides is 5. The largest absolute Gasteiger partial charge is 0.447 e. The van der Waals surface area contributed by atoms with Crippen LogP contribution in [0, 0.1) is 16.6 Å². The number of ether oxygens (including phenoxy) is 1. The molecule has 12 nitrogen and oxygen atoms in total. The summed E-state index contributed by atoms with van der Waals surface area (Å²) < 4.78 is 92.1. The van der Waals surface area contributed by atoms with Crippen molar-refractivity contribution in [3.63, 3.8) is 0 Å². The highest BCUT2D eigenvalue weighted by Gasteiger charge is 2.65. The number of hydrogen-bond acceptors (Lipinski definition) is 7. The minimum Gasteiger partial charge on any atom is -0.447 e. The van der Waals surface area contributed by atoms with Crippen LogP contribution in [0.1, 0.15) is 82.6 Å². The number of aromatic nitrogens is 5. The van der Waals surface area contributed by atoms with Gasteiger partial charge in [-0.1, -0.05) is 50.6 Å². The molecule has 3 heterocycles. The first-order valence-corrected chi connectivity index (χ1v) is 17.7. The van der Waals surface area contributed by atoms with Crippen LogP contribution in [0.15, 0.2) is 55.1 Å². The Bertz CT molecular complexity index is 2160. The summed E-state index contributed by atoms with van der Waals surface area (Å²) in [4.78, 5) is 32.7. The molecule has 1 aliphatic heterocycles. The van der Waals surface area contributed by atoms with Crippen molar-refractivity contribution in [2.75, 3.05) is 6.61 Å². The van der Waals surface area contributed by atoms with E-state index in [1.807, 2.05) is 26.1 Å². The van der Waals surface area contributed by atoms with E-state index in [1.165, 1.54) is 30.3 Å². The monoisotopic (exact) mass is 791 g/mol. The molecule has 3 aliphatic rings. The second kappa shape index (κ2) is 13.6. The van der Waals surface area contributed by atoms with E-state index >= 15 is 4.39 Å². The number of alkyl carbamates (subject to hydrolysis) is 1. The van der Waals surface area contributed by atoms with Gasteiger partial charge in [-0.2, -0.15) is 36.8 Å². The third-order valence-corrected chi connectivity index (χ3v) is 10.3. The minimum absolute atomic E-state index is 0.0294. The van der Waals surface area contributed by atoms with Gasteiger partial charge in [-0.3, -0.25) is 19.8 Å². The van der Waals surface area contributed by atoms with E-state index in [9.17, 15) is 31.5 Å². The maximum Gasteiger partial charge on any atom is 0.411 e.